The maximum Gasteiger partial charge on any atom is 0.231 e. The summed E-state index contributed by atoms with van der Waals surface area (Å²) in [4.78, 5) is 13.1. The predicted octanol–water partition coefficient (Wildman–Crippen LogP) is 3.78. The molecule has 3 nitrogen and oxygen atoms in total. The molecule has 0 heterocycles. The Hall–Kier alpha value is -1.84. The number of hydrogen-bond acceptors (Lipinski definition) is 2. The van der Waals surface area contributed by atoms with E-state index < -0.39 is 11.5 Å². The van der Waals surface area contributed by atoms with E-state index in [4.69, 9.17) is 11.6 Å². The average molecular weight is 344 g/mol. The SMILES string of the molecule is CC[C@]1(C(=O)N[C@H](CO)c2ccccc2)CCc2c(Cl)cccc21. The molecule has 0 fully saturated rings. The number of nitrogens with one attached hydrogen (secondary N) is 1. The standard InChI is InChI=1S/C20H22ClNO2/c1-2-20(12-11-15-16(20)9-6-10-17(15)21)19(24)22-18(13-23)14-7-4-3-5-8-14/h3-10,18,23H,2,11-13H2,1H3,(H,22,24)/t18-,20+/m1/s1. The zero-order chi connectivity index (χ0) is 17.2. The largest absolute Gasteiger partial charge is 0.394 e. The summed E-state index contributed by atoms with van der Waals surface area (Å²) in [5.74, 6) is -0.0334. The molecule has 2 aromatic rings. The van der Waals surface area contributed by atoms with Crippen LogP contribution in [0, 0.1) is 0 Å². The highest BCUT2D eigenvalue weighted by Gasteiger charge is 2.44. The van der Waals surface area contributed by atoms with E-state index in [-0.39, 0.29) is 12.5 Å². The van der Waals surface area contributed by atoms with Gasteiger partial charge in [0.05, 0.1) is 18.1 Å². The molecule has 0 saturated carbocycles. The first kappa shape index (κ1) is 17.0. The van der Waals surface area contributed by atoms with Gasteiger partial charge < -0.3 is 10.4 Å². The molecule has 0 spiro atoms. The molecule has 1 amide bonds. The van der Waals surface area contributed by atoms with Crippen molar-refractivity contribution in [3.63, 3.8) is 0 Å². The number of rotatable bonds is 5. The highest BCUT2D eigenvalue weighted by molar-refractivity contribution is 6.31. The van der Waals surface area contributed by atoms with Gasteiger partial charge in [-0.3, -0.25) is 4.79 Å². The lowest BCUT2D eigenvalue weighted by Crippen LogP contribution is -2.45. The smallest absolute Gasteiger partial charge is 0.231 e. The van der Waals surface area contributed by atoms with Crippen LogP contribution in [-0.2, 0) is 16.6 Å². The van der Waals surface area contributed by atoms with Crippen LogP contribution < -0.4 is 5.32 Å². The molecule has 0 unspecified atom stereocenters. The third-order valence-corrected chi connectivity index (χ3v) is 5.52. The lowest BCUT2D eigenvalue weighted by molar-refractivity contribution is -0.128. The van der Waals surface area contributed by atoms with Crippen LogP contribution in [-0.4, -0.2) is 17.6 Å². The molecule has 2 aromatic carbocycles. The van der Waals surface area contributed by atoms with Crippen molar-refractivity contribution in [1.29, 1.82) is 0 Å². The number of halogens is 1. The maximum atomic E-state index is 13.1. The van der Waals surface area contributed by atoms with Crippen molar-refractivity contribution in [3.8, 4) is 0 Å². The van der Waals surface area contributed by atoms with Crippen LogP contribution in [0.25, 0.3) is 0 Å². The molecule has 1 aliphatic carbocycles. The summed E-state index contributed by atoms with van der Waals surface area (Å²) in [7, 11) is 0. The number of carbonyl (C=O) groups is 1. The molecular formula is C20H22ClNO2. The summed E-state index contributed by atoms with van der Waals surface area (Å²) in [5.41, 5.74) is 2.45. The summed E-state index contributed by atoms with van der Waals surface area (Å²) in [6.07, 6.45) is 2.27. The van der Waals surface area contributed by atoms with E-state index in [1.54, 1.807) is 0 Å². The van der Waals surface area contributed by atoms with Gasteiger partial charge in [-0.1, -0.05) is 61.0 Å². The van der Waals surface area contributed by atoms with Gasteiger partial charge >= 0.3 is 0 Å². The topological polar surface area (TPSA) is 49.3 Å². The molecule has 0 radical (unpaired) electrons. The summed E-state index contributed by atoms with van der Waals surface area (Å²) >= 11 is 6.32. The van der Waals surface area contributed by atoms with E-state index in [9.17, 15) is 9.90 Å². The molecule has 0 aliphatic heterocycles. The number of aliphatic hydroxyl groups excluding tert-OH is 1. The minimum atomic E-state index is -0.567. The first-order chi connectivity index (χ1) is 11.6. The van der Waals surface area contributed by atoms with E-state index in [1.165, 1.54) is 0 Å². The monoisotopic (exact) mass is 343 g/mol. The number of carbonyl (C=O) groups excluding carboxylic acids is 1. The lowest BCUT2D eigenvalue weighted by Gasteiger charge is -2.30. The summed E-state index contributed by atoms with van der Waals surface area (Å²) in [6.45, 7) is 1.91. The fourth-order valence-electron chi connectivity index (χ4n) is 3.71. The van der Waals surface area contributed by atoms with Gasteiger partial charge in [-0.25, -0.2) is 0 Å². The normalized spacial score (nSPS) is 20.5. The maximum absolute atomic E-state index is 13.1. The second-order valence-corrected chi connectivity index (χ2v) is 6.73. The number of fused-ring (bicyclic) bond motifs is 1. The van der Waals surface area contributed by atoms with Crippen LogP contribution >= 0.6 is 11.6 Å². The molecule has 126 valence electrons. The van der Waals surface area contributed by atoms with Gasteiger partial charge in [0.2, 0.25) is 5.91 Å². The van der Waals surface area contributed by atoms with Crippen LogP contribution in [0.2, 0.25) is 5.02 Å². The van der Waals surface area contributed by atoms with E-state index >= 15 is 0 Å². The Morgan fingerprint density at radius 2 is 2.00 bits per heavy atom. The number of aliphatic hydroxyl groups is 1. The molecule has 24 heavy (non-hydrogen) atoms. The molecular weight excluding hydrogens is 322 g/mol. The number of amides is 1. The van der Waals surface area contributed by atoms with E-state index in [0.29, 0.717) is 6.42 Å². The van der Waals surface area contributed by atoms with Crippen LogP contribution in [0.3, 0.4) is 0 Å². The minimum absolute atomic E-state index is 0.0334. The summed E-state index contributed by atoms with van der Waals surface area (Å²) in [6, 6.07) is 15.0. The van der Waals surface area contributed by atoms with Gasteiger partial charge in [0.1, 0.15) is 0 Å². The summed E-state index contributed by atoms with van der Waals surface area (Å²) in [5, 5.41) is 13.5. The highest BCUT2D eigenvalue weighted by Crippen LogP contribution is 2.44. The second-order valence-electron chi connectivity index (χ2n) is 6.32. The molecule has 1 aliphatic rings. The minimum Gasteiger partial charge on any atom is -0.394 e. The van der Waals surface area contributed by atoms with Crippen molar-refractivity contribution in [3.05, 3.63) is 70.2 Å². The van der Waals surface area contributed by atoms with Gasteiger partial charge in [0.15, 0.2) is 0 Å². The lowest BCUT2D eigenvalue weighted by atomic mass is 9.78. The predicted molar refractivity (Wildman–Crippen MR) is 96.2 cm³/mol. The van der Waals surface area contributed by atoms with Crippen molar-refractivity contribution in [2.24, 2.45) is 0 Å². The van der Waals surface area contributed by atoms with Crippen molar-refractivity contribution in [2.75, 3.05) is 6.61 Å². The zero-order valence-electron chi connectivity index (χ0n) is 13.8. The van der Waals surface area contributed by atoms with Crippen LogP contribution in [0.5, 0.6) is 0 Å². The van der Waals surface area contributed by atoms with Crippen molar-refractivity contribution in [2.45, 2.75) is 37.6 Å². The number of benzene rings is 2. The van der Waals surface area contributed by atoms with E-state index in [1.807, 2.05) is 55.5 Å². The molecule has 0 bridgehead atoms. The first-order valence-electron chi connectivity index (χ1n) is 8.37. The Kier molecular flexibility index (Phi) is 4.93. The van der Waals surface area contributed by atoms with Gasteiger partial charge in [-0.05, 0) is 42.0 Å². The van der Waals surface area contributed by atoms with Gasteiger partial charge in [0, 0.05) is 5.02 Å². The van der Waals surface area contributed by atoms with E-state index in [2.05, 4.69) is 5.32 Å². The Bertz CT molecular complexity index is 732. The molecule has 0 aromatic heterocycles. The summed E-state index contributed by atoms with van der Waals surface area (Å²) < 4.78 is 0. The fraction of sp³-hybridized carbons (Fsp3) is 0.350. The first-order valence-corrected chi connectivity index (χ1v) is 8.75. The third kappa shape index (κ3) is 2.83. The van der Waals surface area contributed by atoms with Crippen molar-refractivity contribution < 1.29 is 9.90 Å². The van der Waals surface area contributed by atoms with Crippen molar-refractivity contribution in [1.82, 2.24) is 5.32 Å². The van der Waals surface area contributed by atoms with Crippen LogP contribution in [0.1, 0.15) is 42.5 Å². The molecule has 2 atom stereocenters. The molecule has 2 N–H and O–H groups in total. The van der Waals surface area contributed by atoms with Crippen LogP contribution in [0.15, 0.2) is 48.5 Å². The van der Waals surface area contributed by atoms with Gasteiger partial charge in [-0.2, -0.15) is 0 Å². The molecule has 3 rings (SSSR count). The fourth-order valence-corrected chi connectivity index (χ4v) is 3.98. The highest BCUT2D eigenvalue weighted by atomic mass is 35.5. The number of hydrogen-bond donors (Lipinski definition) is 2. The van der Waals surface area contributed by atoms with Gasteiger partial charge in [0.25, 0.3) is 0 Å². The molecule has 0 saturated heterocycles. The Labute approximate surface area is 147 Å². The van der Waals surface area contributed by atoms with Gasteiger partial charge in [-0.15, -0.1) is 0 Å². The quantitative estimate of drug-likeness (QED) is 0.867. The van der Waals surface area contributed by atoms with E-state index in [0.717, 1.165) is 34.6 Å². The van der Waals surface area contributed by atoms with Crippen molar-refractivity contribution >= 4 is 17.5 Å². The Morgan fingerprint density at radius 1 is 1.25 bits per heavy atom. The Morgan fingerprint density at radius 3 is 2.67 bits per heavy atom. The average Bonchev–Trinajstić information content (AvgIpc) is 3.01. The third-order valence-electron chi connectivity index (χ3n) is 5.16. The second kappa shape index (κ2) is 6.96. The van der Waals surface area contributed by atoms with Crippen LogP contribution in [0.4, 0.5) is 0 Å². The molecule has 4 heteroatoms. The zero-order valence-corrected chi connectivity index (χ0v) is 14.5. The Balaban J connectivity index is 1.90.